The van der Waals surface area contributed by atoms with Gasteiger partial charge in [-0.05, 0) is 156 Å². The molecule has 3 aliphatic rings. The minimum Gasteiger partial charge on any atom is -0.456 e. The molecule has 3 aliphatic carbocycles. The Morgan fingerprint density at radius 1 is 0.306 bits per heavy atom. The second-order valence-corrected chi connectivity index (χ2v) is 22.0. The number of rotatable bonds is 5. The molecule has 0 saturated heterocycles. The quantitative estimate of drug-likeness (QED) is 0.172. The number of para-hydroxylation sites is 3. The van der Waals surface area contributed by atoms with Crippen molar-refractivity contribution in [2.24, 2.45) is 0 Å². The number of hydrogen-bond donors (Lipinski definition) is 0. The third-order valence-corrected chi connectivity index (χ3v) is 17.1. The van der Waals surface area contributed by atoms with E-state index < -0.39 is 0 Å². The van der Waals surface area contributed by atoms with Gasteiger partial charge in [-0.15, -0.1) is 0 Å². The van der Waals surface area contributed by atoms with Gasteiger partial charge in [0.15, 0.2) is 0 Å². The molecule has 344 valence electrons. The molecular formula is C69H51NO2. The van der Waals surface area contributed by atoms with Crippen molar-refractivity contribution in [3.63, 3.8) is 0 Å². The van der Waals surface area contributed by atoms with E-state index in [2.05, 4.69) is 247 Å². The Balaban J connectivity index is 0.866. The van der Waals surface area contributed by atoms with Gasteiger partial charge in [0, 0.05) is 60.4 Å². The number of nitrogens with zero attached hydrogens (tertiary/aromatic N) is 1. The molecule has 0 bridgehead atoms. The van der Waals surface area contributed by atoms with Crippen LogP contribution in [0.2, 0.25) is 0 Å². The Morgan fingerprint density at radius 3 is 1.53 bits per heavy atom. The zero-order valence-corrected chi connectivity index (χ0v) is 41.3. The van der Waals surface area contributed by atoms with Crippen molar-refractivity contribution in [2.75, 3.05) is 4.90 Å². The van der Waals surface area contributed by atoms with Crippen LogP contribution in [-0.4, -0.2) is 0 Å². The van der Waals surface area contributed by atoms with Crippen molar-refractivity contribution in [2.45, 2.75) is 57.8 Å². The second-order valence-electron chi connectivity index (χ2n) is 22.0. The summed E-state index contributed by atoms with van der Waals surface area (Å²) in [5.74, 6) is 0. The predicted molar refractivity (Wildman–Crippen MR) is 299 cm³/mol. The molecule has 0 atom stereocenters. The normalized spacial score (nSPS) is 15.1. The molecule has 12 aromatic rings. The van der Waals surface area contributed by atoms with Gasteiger partial charge in [-0.3, -0.25) is 0 Å². The van der Waals surface area contributed by atoms with Crippen molar-refractivity contribution in [3.8, 4) is 55.6 Å². The Hall–Kier alpha value is -8.40. The fourth-order valence-electron chi connectivity index (χ4n) is 13.3. The van der Waals surface area contributed by atoms with Gasteiger partial charge in [0.2, 0.25) is 0 Å². The third-order valence-electron chi connectivity index (χ3n) is 17.1. The minimum atomic E-state index is -0.309. The van der Waals surface area contributed by atoms with Crippen LogP contribution in [0.3, 0.4) is 0 Å². The summed E-state index contributed by atoms with van der Waals surface area (Å²) in [5.41, 5.74) is 27.0. The first kappa shape index (κ1) is 41.4. The van der Waals surface area contributed by atoms with E-state index in [-0.39, 0.29) is 16.2 Å². The Labute approximate surface area is 419 Å². The van der Waals surface area contributed by atoms with Gasteiger partial charge in [-0.1, -0.05) is 169 Å². The van der Waals surface area contributed by atoms with Crippen molar-refractivity contribution in [1.82, 2.24) is 0 Å². The molecule has 0 N–H and O–H groups in total. The largest absolute Gasteiger partial charge is 0.456 e. The Bertz CT molecular complexity index is 4280. The first-order valence-electron chi connectivity index (χ1n) is 25.4. The van der Waals surface area contributed by atoms with Crippen LogP contribution in [0.5, 0.6) is 0 Å². The van der Waals surface area contributed by atoms with Crippen LogP contribution in [0.1, 0.15) is 74.9 Å². The van der Waals surface area contributed by atoms with Gasteiger partial charge < -0.3 is 13.7 Å². The van der Waals surface area contributed by atoms with Gasteiger partial charge >= 0.3 is 0 Å². The van der Waals surface area contributed by atoms with E-state index in [0.29, 0.717) is 0 Å². The SMILES string of the molecule is CC1(C)c2cc(N(c3ccccc3)c3ccc4c(c3)C(C)(C)c3cc(-c5ccc(-c6ccccc6)cc5)c5oc6ccccc6c5c3-4)ccc2-c2cc3c(cc21)-c1c(ccc2oc4ccccc4c12)C3(C)C. The lowest BCUT2D eigenvalue weighted by atomic mass is 9.79. The van der Waals surface area contributed by atoms with Crippen LogP contribution in [0.25, 0.3) is 99.5 Å². The number of benzene rings is 10. The van der Waals surface area contributed by atoms with E-state index in [4.69, 9.17) is 8.83 Å². The molecule has 0 amide bonds. The Morgan fingerprint density at radius 2 is 0.806 bits per heavy atom. The smallest absolute Gasteiger partial charge is 0.143 e. The number of furan rings is 2. The van der Waals surface area contributed by atoms with Gasteiger partial charge in [0.05, 0.1) is 0 Å². The number of fused-ring (bicyclic) bond motifs is 17. The molecule has 0 fully saturated rings. The minimum absolute atomic E-state index is 0.170. The van der Waals surface area contributed by atoms with E-state index in [0.717, 1.165) is 55.9 Å². The van der Waals surface area contributed by atoms with Crippen molar-refractivity contribution in [3.05, 3.63) is 234 Å². The highest BCUT2D eigenvalue weighted by Crippen LogP contribution is 2.60. The highest BCUT2D eigenvalue weighted by Gasteiger charge is 2.44. The summed E-state index contributed by atoms with van der Waals surface area (Å²) in [6.45, 7) is 14.4. The average molecular weight is 926 g/mol. The van der Waals surface area contributed by atoms with Crippen molar-refractivity contribution in [1.29, 1.82) is 0 Å². The van der Waals surface area contributed by atoms with Crippen LogP contribution in [0.15, 0.2) is 209 Å². The first-order valence-corrected chi connectivity index (χ1v) is 25.4. The monoisotopic (exact) mass is 925 g/mol. The zero-order chi connectivity index (χ0) is 48.4. The van der Waals surface area contributed by atoms with Crippen LogP contribution in [0.4, 0.5) is 17.1 Å². The van der Waals surface area contributed by atoms with Crippen molar-refractivity contribution >= 4 is 60.9 Å². The lowest BCUT2D eigenvalue weighted by Crippen LogP contribution is -2.18. The molecule has 2 aromatic heterocycles. The molecule has 0 saturated carbocycles. The van der Waals surface area contributed by atoms with E-state index in [9.17, 15) is 0 Å². The van der Waals surface area contributed by atoms with Crippen LogP contribution in [-0.2, 0) is 16.2 Å². The zero-order valence-electron chi connectivity index (χ0n) is 41.3. The summed E-state index contributed by atoms with van der Waals surface area (Å²) in [7, 11) is 0. The van der Waals surface area contributed by atoms with E-state index >= 15 is 0 Å². The summed E-state index contributed by atoms with van der Waals surface area (Å²) < 4.78 is 13.3. The molecule has 72 heavy (non-hydrogen) atoms. The summed E-state index contributed by atoms with van der Waals surface area (Å²) in [6, 6.07) is 73.8. The lowest BCUT2D eigenvalue weighted by molar-refractivity contribution is 0.651. The van der Waals surface area contributed by atoms with Gasteiger partial charge in [0.25, 0.3) is 0 Å². The summed E-state index contributed by atoms with van der Waals surface area (Å²) in [6.07, 6.45) is 0. The fourth-order valence-corrected chi connectivity index (χ4v) is 13.3. The van der Waals surface area contributed by atoms with Crippen molar-refractivity contribution < 1.29 is 8.83 Å². The molecule has 10 aromatic carbocycles. The molecular weight excluding hydrogens is 875 g/mol. The second kappa shape index (κ2) is 14.4. The standard InChI is InChI=1S/C69H51NO2/c1-67(2)53-33-34-61-64(48-21-13-15-23-59(48)71-61)63(53)52-39-56-51(38-57(52)67)46-31-29-44(35-54(46)68(56,3)4)70(43-19-11-8-12-20-43)45-30-32-47-55(36-45)69(5,6)58-37-50(42-27-25-41(26-28-42)40-17-9-7-10-18-40)66-65(62(47)58)49-22-14-16-24-60(49)72-66/h7-39H,1-6H3. The summed E-state index contributed by atoms with van der Waals surface area (Å²) in [4.78, 5) is 2.46. The molecule has 0 aliphatic heterocycles. The fraction of sp³-hybridized carbons (Fsp3) is 0.130. The highest BCUT2D eigenvalue weighted by molar-refractivity contribution is 6.19. The highest BCUT2D eigenvalue weighted by atomic mass is 16.3. The van der Waals surface area contributed by atoms with E-state index in [1.54, 1.807) is 0 Å². The van der Waals surface area contributed by atoms with E-state index in [1.165, 1.54) is 94.0 Å². The maximum Gasteiger partial charge on any atom is 0.143 e. The molecule has 0 radical (unpaired) electrons. The molecule has 0 spiro atoms. The predicted octanol–water partition coefficient (Wildman–Crippen LogP) is 19.2. The van der Waals surface area contributed by atoms with Crippen LogP contribution >= 0.6 is 0 Å². The first-order chi connectivity index (χ1) is 35.0. The lowest BCUT2D eigenvalue weighted by Gasteiger charge is -2.29. The molecule has 15 rings (SSSR count). The summed E-state index contributed by atoms with van der Waals surface area (Å²) >= 11 is 0. The number of anilines is 3. The molecule has 3 heteroatoms. The maximum atomic E-state index is 6.88. The summed E-state index contributed by atoms with van der Waals surface area (Å²) in [5, 5.41) is 4.73. The van der Waals surface area contributed by atoms with E-state index in [1.807, 2.05) is 0 Å². The van der Waals surface area contributed by atoms with Gasteiger partial charge in [0.1, 0.15) is 22.3 Å². The average Bonchev–Trinajstić information content (AvgIpc) is 4.15. The third kappa shape index (κ3) is 5.51. The molecule has 3 nitrogen and oxygen atoms in total. The van der Waals surface area contributed by atoms with Gasteiger partial charge in [-0.25, -0.2) is 0 Å². The topological polar surface area (TPSA) is 29.5 Å². The maximum absolute atomic E-state index is 6.88. The molecule has 0 unspecified atom stereocenters. The van der Waals surface area contributed by atoms with Crippen LogP contribution in [0, 0.1) is 0 Å². The van der Waals surface area contributed by atoms with Crippen LogP contribution < -0.4 is 4.90 Å². The molecule has 2 heterocycles. The van der Waals surface area contributed by atoms with Gasteiger partial charge in [-0.2, -0.15) is 0 Å². The Kier molecular flexibility index (Phi) is 8.26. The number of hydrogen-bond acceptors (Lipinski definition) is 3.